The molecule has 1 aromatic rings. The number of nitrogens with two attached hydrogens (primary N) is 1. The molecule has 1 rings (SSSR count). The van der Waals surface area contributed by atoms with Gasteiger partial charge in [-0.15, -0.1) is 8.58 Å². The lowest BCUT2D eigenvalue weighted by atomic mass is 10.1. The quantitative estimate of drug-likeness (QED) is 0.181. The number of ketones is 1. The van der Waals surface area contributed by atoms with Crippen LogP contribution in [0.25, 0.3) is 0 Å². The first kappa shape index (κ1) is 24.2. The highest BCUT2D eigenvalue weighted by atomic mass is 31.1. The van der Waals surface area contributed by atoms with Crippen LogP contribution in [0.3, 0.4) is 0 Å². The first-order valence-corrected chi connectivity index (χ1v) is 9.95. The van der Waals surface area contributed by atoms with Crippen molar-refractivity contribution >= 4 is 32.3 Å². The maximum absolute atomic E-state index is 12.0. The zero-order chi connectivity index (χ0) is 20.7. The van der Waals surface area contributed by atoms with Crippen LogP contribution in [0.4, 0.5) is 0 Å². The van der Waals surface area contributed by atoms with Crippen molar-refractivity contribution in [3.63, 3.8) is 0 Å². The van der Waals surface area contributed by atoms with Crippen molar-refractivity contribution in [1.82, 2.24) is 0 Å². The van der Waals surface area contributed by atoms with Crippen molar-refractivity contribution in [2.24, 2.45) is 10.7 Å². The van der Waals surface area contributed by atoms with Crippen LogP contribution < -0.4 is 5.73 Å². The van der Waals surface area contributed by atoms with E-state index in [0.717, 1.165) is 14.7 Å². The SMILES string of the molecule is CCOC(=O)/C(N)=C/C(C=O)=NCC(=O)c1cccc(C#N)c1.CCPC. The minimum absolute atomic E-state index is 0.147. The van der Waals surface area contributed by atoms with Gasteiger partial charge in [0.05, 0.1) is 18.2 Å². The van der Waals surface area contributed by atoms with Gasteiger partial charge >= 0.3 is 5.97 Å². The number of aldehydes is 1. The Morgan fingerprint density at radius 1 is 1.37 bits per heavy atom. The normalized spacial score (nSPS) is 11.3. The smallest absolute Gasteiger partial charge is 0.354 e. The Morgan fingerprint density at radius 2 is 2.04 bits per heavy atom. The van der Waals surface area contributed by atoms with Gasteiger partial charge in [-0.2, -0.15) is 5.26 Å². The number of Topliss-reactive ketones (excluding diaryl/α,β-unsaturated/α-hetero) is 1. The maximum Gasteiger partial charge on any atom is 0.354 e. The first-order chi connectivity index (χ1) is 12.9. The van der Waals surface area contributed by atoms with E-state index in [0.29, 0.717) is 17.4 Å². The number of rotatable bonds is 8. The van der Waals surface area contributed by atoms with Crippen LogP contribution in [0.2, 0.25) is 0 Å². The molecule has 2 N–H and O–H groups in total. The summed E-state index contributed by atoms with van der Waals surface area (Å²) in [6.07, 6.45) is 2.77. The number of nitriles is 1. The molecule has 0 fully saturated rings. The maximum atomic E-state index is 12.0. The molecule has 1 aromatic carbocycles. The predicted molar refractivity (Wildman–Crippen MR) is 108 cm³/mol. The number of hydrogen-bond donors (Lipinski definition) is 1. The molecule has 0 aromatic heterocycles. The van der Waals surface area contributed by atoms with Gasteiger partial charge in [0.2, 0.25) is 0 Å². The number of nitrogens with zero attached hydrogens (tertiary/aromatic N) is 2. The van der Waals surface area contributed by atoms with Gasteiger partial charge in [-0.3, -0.25) is 14.6 Å². The van der Waals surface area contributed by atoms with Crippen LogP contribution in [0.5, 0.6) is 0 Å². The Morgan fingerprint density at radius 3 is 2.56 bits per heavy atom. The lowest BCUT2D eigenvalue weighted by molar-refractivity contribution is -0.138. The van der Waals surface area contributed by atoms with Crippen molar-refractivity contribution in [3.05, 3.63) is 47.2 Å². The Bertz CT molecular complexity index is 750. The number of esters is 1. The molecule has 7 nitrogen and oxygen atoms in total. The molecule has 1 atom stereocenters. The molecule has 0 bridgehead atoms. The topological polar surface area (TPSA) is 123 Å². The zero-order valence-electron chi connectivity index (χ0n) is 15.7. The number of benzene rings is 1. The molecule has 144 valence electrons. The van der Waals surface area contributed by atoms with Crippen molar-refractivity contribution in [3.8, 4) is 6.07 Å². The molecule has 0 amide bonds. The second kappa shape index (κ2) is 14.3. The van der Waals surface area contributed by atoms with Gasteiger partial charge < -0.3 is 10.5 Å². The highest BCUT2D eigenvalue weighted by Gasteiger charge is 2.09. The van der Waals surface area contributed by atoms with Crippen molar-refractivity contribution in [1.29, 1.82) is 5.26 Å². The Kier molecular flexibility index (Phi) is 12.8. The van der Waals surface area contributed by atoms with Gasteiger partial charge in [-0.1, -0.05) is 19.1 Å². The van der Waals surface area contributed by atoms with Gasteiger partial charge in [0.1, 0.15) is 18.0 Å². The van der Waals surface area contributed by atoms with Crippen molar-refractivity contribution in [2.75, 3.05) is 26.0 Å². The van der Waals surface area contributed by atoms with Gasteiger partial charge in [-0.25, -0.2) is 4.79 Å². The van der Waals surface area contributed by atoms with E-state index in [4.69, 9.17) is 11.0 Å². The fraction of sp³-hybridized carbons (Fsp3) is 0.316. The zero-order valence-corrected chi connectivity index (χ0v) is 16.7. The van der Waals surface area contributed by atoms with E-state index in [1.807, 2.05) is 6.07 Å². The molecule has 27 heavy (non-hydrogen) atoms. The molecule has 0 spiro atoms. The summed E-state index contributed by atoms with van der Waals surface area (Å²) in [4.78, 5) is 38.1. The average molecular weight is 389 g/mol. The third kappa shape index (κ3) is 10.0. The number of carbonyl (C=O) groups is 3. The summed E-state index contributed by atoms with van der Waals surface area (Å²) in [6.45, 7) is 5.86. The largest absolute Gasteiger partial charge is 0.461 e. The molecule has 0 aliphatic heterocycles. The van der Waals surface area contributed by atoms with E-state index in [9.17, 15) is 14.4 Å². The van der Waals surface area contributed by atoms with Crippen LogP contribution in [0.15, 0.2) is 41.0 Å². The van der Waals surface area contributed by atoms with Crippen LogP contribution in [-0.2, 0) is 14.3 Å². The standard InChI is InChI=1S/C16H15N3O4.C3H9P/c1-2-23-16(22)14(18)7-13(10-20)19-9-15(21)12-5-3-4-11(6-12)8-17;1-3-4-2/h3-7,10H,2,9,18H2,1H3;4H,3H2,1-2H3/b14-7-,19-13?;. The summed E-state index contributed by atoms with van der Waals surface area (Å²) in [5.41, 5.74) is 5.68. The molecular weight excluding hydrogens is 365 g/mol. The van der Waals surface area contributed by atoms with E-state index < -0.39 is 5.97 Å². The Labute approximate surface area is 161 Å². The fourth-order valence-corrected chi connectivity index (χ4v) is 1.57. The summed E-state index contributed by atoms with van der Waals surface area (Å²) in [6, 6.07) is 8.05. The number of carbonyl (C=O) groups excluding carboxylic acids is 3. The molecule has 1 unspecified atom stereocenters. The van der Waals surface area contributed by atoms with E-state index in [1.54, 1.807) is 25.1 Å². The lowest BCUT2D eigenvalue weighted by Crippen LogP contribution is -2.17. The van der Waals surface area contributed by atoms with Crippen LogP contribution in [0, 0.1) is 11.3 Å². The molecule has 0 saturated carbocycles. The molecule has 8 heteroatoms. The van der Waals surface area contributed by atoms with Crippen LogP contribution in [0.1, 0.15) is 29.8 Å². The first-order valence-electron chi connectivity index (χ1n) is 8.25. The molecule has 0 radical (unpaired) electrons. The van der Waals surface area contributed by atoms with Crippen molar-refractivity contribution in [2.45, 2.75) is 13.8 Å². The summed E-state index contributed by atoms with van der Waals surface area (Å²) in [5, 5.41) is 8.79. The Hall–Kier alpha value is -2.84. The number of aliphatic imine (C=N–C) groups is 1. The molecule has 0 saturated heterocycles. The molecular formula is C19H24N3O4P. The summed E-state index contributed by atoms with van der Waals surface area (Å²) in [7, 11) is 1.14. The van der Waals surface area contributed by atoms with Gasteiger partial charge in [-0.05, 0) is 38.0 Å². The second-order valence-corrected chi connectivity index (χ2v) is 6.42. The van der Waals surface area contributed by atoms with Gasteiger partial charge in [0, 0.05) is 5.56 Å². The molecule has 0 heterocycles. The Balaban J connectivity index is 0.00000153. The summed E-state index contributed by atoms with van der Waals surface area (Å²) < 4.78 is 4.67. The third-order valence-corrected chi connectivity index (χ3v) is 3.71. The van der Waals surface area contributed by atoms with E-state index in [1.165, 1.54) is 12.2 Å². The highest BCUT2D eigenvalue weighted by Crippen LogP contribution is 2.05. The molecule has 0 aliphatic carbocycles. The predicted octanol–water partition coefficient (Wildman–Crippen LogP) is 2.10. The number of hydrogen-bond acceptors (Lipinski definition) is 7. The third-order valence-electron chi connectivity index (χ3n) is 3.01. The van der Waals surface area contributed by atoms with E-state index in [2.05, 4.69) is 23.3 Å². The minimum atomic E-state index is -0.768. The van der Waals surface area contributed by atoms with E-state index >= 15 is 0 Å². The van der Waals surface area contributed by atoms with Gasteiger partial charge in [0.25, 0.3) is 0 Å². The van der Waals surface area contributed by atoms with Crippen LogP contribution >= 0.6 is 8.58 Å². The minimum Gasteiger partial charge on any atom is -0.461 e. The molecule has 0 aliphatic rings. The number of ether oxygens (including phenoxy) is 1. The average Bonchev–Trinajstić information content (AvgIpc) is 2.70. The monoisotopic (exact) mass is 389 g/mol. The van der Waals surface area contributed by atoms with E-state index in [-0.39, 0.29) is 30.3 Å². The van der Waals surface area contributed by atoms with Crippen LogP contribution in [-0.4, -0.2) is 49.7 Å². The summed E-state index contributed by atoms with van der Waals surface area (Å²) in [5.74, 6) is -1.14. The fourth-order valence-electron chi connectivity index (χ4n) is 1.57. The summed E-state index contributed by atoms with van der Waals surface area (Å²) >= 11 is 0. The number of allylic oxidation sites excluding steroid dienone is 1. The lowest BCUT2D eigenvalue weighted by Gasteiger charge is -2.01. The van der Waals surface area contributed by atoms with Crippen molar-refractivity contribution < 1.29 is 19.1 Å². The highest BCUT2D eigenvalue weighted by molar-refractivity contribution is 7.36. The second-order valence-electron chi connectivity index (χ2n) is 5.00. The van der Waals surface area contributed by atoms with Gasteiger partial charge in [0.15, 0.2) is 12.1 Å².